The molecule has 4 rings (SSSR count). The number of pyridine rings is 1. The van der Waals surface area contributed by atoms with E-state index < -0.39 is 0 Å². The maximum absolute atomic E-state index is 13.0. The monoisotopic (exact) mass is 403 g/mol. The maximum Gasteiger partial charge on any atom is 0.227 e. The average molecular weight is 404 g/mol. The summed E-state index contributed by atoms with van der Waals surface area (Å²) >= 11 is 0. The molecular formula is C25H29N3O2. The molecule has 0 bridgehead atoms. The highest BCUT2D eigenvalue weighted by molar-refractivity contribution is 5.79. The van der Waals surface area contributed by atoms with E-state index in [4.69, 9.17) is 9.51 Å². The zero-order valence-electron chi connectivity index (χ0n) is 18.0. The van der Waals surface area contributed by atoms with Crippen LogP contribution in [0, 0.1) is 20.8 Å². The normalized spacial score (nSPS) is 16.6. The minimum atomic E-state index is 0.145. The third-order valence-electron chi connectivity index (χ3n) is 5.99. The maximum atomic E-state index is 13.0. The van der Waals surface area contributed by atoms with Crippen molar-refractivity contribution in [3.05, 3.63) is 82.0 Å². The number of hydrogen-bond acceptors (Lipinski definition) is 4. The Labute approximate surface area is 178 Å². The molecule has 0 radical (unpaired) electrons. The zero-order valence-corrected chi connectivity index (χ0v) is 18.0. The molecule has 1 aliphatic heterocycles. The summed E-state index contributed by atoms with van der Waals surface area (Å²) < 4.78 is 5.22. The van der Waals surface area contributed by atoms with Crippen molar-refractivity contribution in [2.24, 2.45) is 0 Å². The molecule has 1 atom stereocenters. The van der Waals surface area contributed by atoms with E-state index in [9.17, 15) is 4.79 Å². The summed E-state index contributed by atoms with van der Waals surface area (Å²) in [5.41, 5.74) is 6.45. The van der Waals surface area contributed by atoms with Crippen molar-refractivity contribution in [3.8, 4) is 0 Å². The Morgan fingerprint density at radius 1 is 1.13 bits per heavy atom. The molecule has 0 unspecified atom stereocenters. The van der Waals surface area contributed by atoms with Crippen molar-refractivity contribution in [1.82, 2.24) is 15.0 Å². The lowest BCUT2D eigenvalue weighted by molar-refractivity contribution is -0.131. The number of aryl methyl sites for hydroxylation is 3. The minimum Gasteiger partial charge on any atom is -0.361 e. The van der Waals surface area contributed by atoms with Crippen molar-refractivity contribution in [2.75, 3.05) is 13.1 Å². The lowest BCUT2D eigenvalue weighted by Gasteiger charge is -2.33. The first-order chi connectivity index (χ1) is 14.5. The lowest BCUT2D eigenvalue weighted by atomic mass is 9.92. The van der Waals surface area contributed by atoms with E-state index in [1.165, 1.54) is 11.1 Å². The quantitative estimate of drug-likeness (QED) is 0.628. The van der Waals surface area contributed by atoms with Gasteiger partial charge in [-0.1, -0.05) is 35.5 Å². The summed E-state index contributed by atoms with van der Waals surface area (Å²) in [6.45, 7) is 7.35. The number of nitrogens with zero attached hydrogens (tertiary/aromatic N) is 3. The topological polar surface area (TPSA) is 59.2 Å². The molecule has 156 valence electrons. The standard InChI is InChI=1S/C25H29N3O2/c1-17-12-21(13-20-8-5-4-6-9-20)14-24(26-17)22-10-7-11-28(16-22)25(29)15-23-18(2)27-30-19(23)3/h4-6,8-9,12,14,22H,7,10-11,13,15-16H2,1-3H3/t22-/m1/s1. The van der Waals surface area contributed by atoms with Gasteiger partial charge in [-0.05, 0) is 63.3 Å². The van der Waals surface area contributed by atoms with Gasteiger partial charge in [-0.2, -0.15) is 0 Å². The number of benzene rings is 1. The Bertz CT molecular complexity index is 1010. The van der Waals surface area contributed by atoms with Crippen molar-refractivity contribution < 1.29 is 9.32 Å². The van der Waals surface area contributed by atoms with Crippen LogP contribution in [0.5, 0.6) is 0 Å². The minimum absolute atomic E-state index is 0.145. The van der Waals surface area contributed by atoms with Gasteiger partial charge in [0.25, 0.3) is 0 Å². The lowest BCUT2D eigenvalue weighted by Crippen LogP contribution is -2.40. The zero-order chi connectivity index (χ0) is 21.1. The second kappa shape index (κ2) is 8.82. The number of rotatable bonds is 5. The fraction of sp³-hybridized carbons (Fsp3) is 0.400. The van der Waals surface area contributed by atoms with Crippen molar-refractivity contribution in [1.29, 1.82) is 0 Å². The van der Waals surface area contributed by atoms with Crippen LogP contribution >= 0.6 is 0 Å². The third kappa shape index (κ3) is 4.61. The van der Waals surface area contributed by atoms with Crippen LogP contribution in [0.1, 0.15) is 58.3 Å². The fourth-order valence-corrected chi connectivity index (χ4v) is 4.37. The van der Waals surface area contributed by atoms with Gasteiger partial charge in [-0.15, -0.1) is 0 Å². The van der Waals surface area contributed by atoms with E-state index in [1.807, 2.05) is 24.8 Å². The number of hydrogen-bond donors (Lipinski definition) is 0. The molecule has 3 aromatic rings. The highest BCUT2D eigenvalue weighted by Crippen LogP contribution is 2.28. The summed E-state index contributed by atoms with van der Waals surface area (Å²) in [7, 11) is 0. The Morgan fingerprint density at radius 2 is 1.93 bits per heavy atom. The predicted molar refractivity (Wildman–Crippen MR) is 116 cm³/mol. The number of aromatic nitrogens is 2. The van der Waals surface area contributed by atoms with E-state index in [-0.39, 0.29) is 11.8 Å². The van der Waals surface area contributed by atoms with Crippen molar-refractivity contribution >= 4 is 5.91 Å². The summed E-state index contributed by atoms with van der Waals surface area (Å²) in [5, 5.41) is 3.97. The Kier molecular flexibility index (Phi) is 5.98. The highest BCUT2D eigenvalue weighted by Gasteiger charge is 2.27. The van der Waals surface area contributed by atoms with Crippen LogP contribution in [0.4, 0.5) is 0 Å². The van der Waals surface area contributed by atoms with E-state index in [2.05, 4.69) is 48.5 Å². The van der Waals surface area contributed by atoms with Gasteiger partial charge in [0, 0.05) is 36.0 Å². The molecule has 0 N–H and O–H groups in total. The van der Waals surface area contributed by atoms with Crippen LogP contribution in [-0.4, -0.2) is 34.0 Å². The highest BCUT2D eigenvalue weighted by atomic mass is 16.5. The third-order valence-corrected chi connectivity index (χ3v) is 5.99. The summed E-state index contributed by atoms with van der Waals surface area (Å²) in [6.07, 6.45) is 3.32. The molecule has 1 amide bonds. The first-order valence-corrected chi connectivity index (χ1v) is 10.7. The molecule has 5 heteroatoms. The summed E-state index contributed by atoms with van der Waals surface area (Å²) in [6, 6.07) is 14.9. The van der Waals surface area contributed by atoms with Gasteiger partial charge < -0.3 is 9.42 Å². The van der Waals surface area contributed by atoms with Gasteiger partial charge in [-0.3, -0.25) is 9.78 Å². The van der Waals surface area contributed by atoms with Crippen molar-refractivity contribution in [2.45, 2.75) is 52.4 Å². The first-order valence-electron chi connectivity index (χ1n) is 10.7. The van der Waals surface area contributed by atoms with Gasteiger partial charge in [0.05, 0.1) is 12.1 Å². The van der Waals surface area contributed by atoms with Crippen LogP contribution < -0.4 is 0 Å². The molecule has 0 saturated carbocycles. The fourth-order valence-electron chi connectivity index (χ4n) is 4.37. The molecule has 3 heterocycles. The number of piperidine rings is 1. The summed E-state index contributed by atoms with van der Waals surface area (Å²) in [4.78, 5) is 19.8. The van der Waals surface area contributed by atoms with Crippen LogP contribution in [0.15, 0.2) is 47.0 Å². The van der Waals surface area contributed by atoms with E-state index >= 15 is 0 Å². The Balaban J connectivity index is 1.48. The van der Waals surface area contributed by atoms with E-state index in [1.54, 1.807) is 0 Å². The molecule has 1 saturated heterocycles. The molecule has 1 fully saturated rings. The largest absolute Gasteiger partial charge is 0.361 e. The number of likely N-dealkylation sites (tertiary alicyclic amines) is 1. The van der Waals surface area contributed by atoms with Gasteiger partial charge in [0.2, 0.25) is 5.91 Å². The second-order valence-electron chi connectivity index (χ2n) is 8.36. The molecule has 0 spiro atoms. The van der Waals surface area contributed by atoms with Crippen LogP contribution in [0.25, 0.3) is 0 Å². The van der Waals surface area contributed by atoms with Gasteiger partial charge >= 0.3 is 0 Å². The molecule has 5 nitrogen and oxygen atoms in total. The molecule has 2 aromatic heterocycles. The molecular weight excluding hydrogens is 374 g/mol. The van der Waals surface area contributed by atoms with Gasteiger partial charge in [-0.25, -0.2) is 0 Å². The molecule has 1 aliphatic rings. The van der Waals surface area contributed by atoms with Crippen molar-refractivity contribution in [3.63, 3.8) is 0 Å². The van der Waals surface area contributed by atoms with Crippen LogP contribution in [0.3, 0.4) is 0 Å². The van der Waals surface area contributed by atoms with Crippen LogP contribution in [0.2, 0.25) is 0 Å². The number of amides is 1. The second-order valence-corrected chi connectivity index (χ2v) is 8.36. The summed E-state index contributed by atoms with van der Waals surface area (Å²) in [5.74, 6) is 1.16. The first kappa shape index (κ1) is 20.3. The SMILES string of the molecule is Cc1cc(Cc2ccccc2)cc([C@@H]2CCCN(C(=O)Cc3c(C)noc3C)C2)n1. The molecule has 30 heavy (non-hydrogen) atoms. The van der Waals surface area contributed by atoms with E-state index in [0.29, 0.717) is 6.42 Å². The number of carbonyl (C=O) groups is 1. The molecule has 1 aromatic carbocycles. The predicted octanol–water partition coefficient (Wildman–Crippen LogP) is 4.53. The van der Waals surface area contributed by atoms with Crippen LogP contribution in [-0.2, 0) is 17.6 Å². The van der Waals surface area contributed by atoms with E-state index in [0.717, 1.165) is 60.8 Å². The smallest absolute Gasteiger partial charge is 0.227 e. The van der Waals surface area contributed by atoms with Gasteiger partial charge in [0.1, 0.15) is 5.76 Å². The Morgan fingerprint density at radius 3 is 2.67 bits per heavy atom. The average Bonchev–Trinajstić information content (AvgIpc) is 3.06. The number of carbonyl (C=O) groups excluding carboxylic acids is 1. The Hall–Kier alpha value is -2.95. The molecule has 0 aliphatic carbocycles. The van der Waals surface area contributed by atoms with Gasteiger partial charge in [0.15, 0.2) is 0 Å².